The van der Waals surface area contributed by atoms with Crippen LogP contribution in [-0.2, 0) is 22.4 Å². The van der Waals surface area contributed by atoms with E-state index in [0.29, 0.717) is 36.3 Å². The van der Waals surface area contributed by atoms with E-state index < -0.39 is 29.0 Å². The molecule has 0 bridgehead atoms. The van der Waals surface area contributed by atoms with Crippen molar-refractivity contribution >= 4 is 35.4 Å². The summed E-state index contributed by atoms with van der Waals surface area (Å²) < 4.78 is 12.3. The summed E-state index contributed by atoms with van der Waals surface area (Å²) in [6.07, 6.45) is 3.74. The van der Waals surface area contributed by atoms with E-state index >= 15 is 0 Å². The molecule has 3 aliphatic rings. The molecule has 0 unspecified atom stereocenters. The lowest BCUT2D eigenvalue weighted by molar-refractivity contribution is -0.131. The SMILES string of the molecule is CCOc1cc2c(c3c1OC(C)(C)C3)C(c1ccc(C=CC(=O)O)c(N3C(=O)CNC3=O)c1)=NC(C)(C)C2. The number of nitrogens with one attached hydrogen (secondary N) is 1. The Morgan fingerprint density at radius 3 is 2.63 bits per heavy atom. The van der Waals surface area contributed by atoms with Crippen molar-refractivity contribution in [1.82, 2.24) is 5.32 Å². The van der Waals surface area contributed by atoms with Crippen LogP contribution >= 0.6 is 0 Å². The van der Waals surface area contributed by atoms with Gasteiger partial charge in [0.15, 0.2) is 11.5 Å². The zero-order valence-corrected chi connectivity index (χ0v) is 22.2. The molecule has 5 rings (SSSR count). The molecule has 2 N–H and O–H groups in total. The minimum absolute atomic E-state index is 0.123. The third-order valence-electron chi connectivity index (χ3n) is 6.77. The molecule has 1 fully saturated rings. The minimum atomic E-state index is -1.13. The summed E-state index contributed by atoms with van der Waals surface area (Å²) in [4.78, 5) is 42.6. The Morgan fingerprint density at radius 2 is 1.97 bits per heavy atom. The molecule has 3 heterocycles. The molecule has 198 valence electrons. The smallest absolute Gasteiger partial charge is 0.329 e. The second kappa shape index (κ2) is 9.01. The first kappa shape index (κ1) is 25.5. The van der Waals surface area contributed by atoms with Crippen molar-refractivity contribution in [2.24, 2.45) is 4.99 Å². The quantitative estimate of drug-likeness (QED) is 0.440. The minimum Gasteiger partial charge on any atom is -0.490 e. The fourth-order valence-corrected chi connectivity index (χ4v) is 5.39. The number of carboxylic acids is 1. The van der Waals surface area contributed by atoms with Gasteiger partial charge >= 0.3 is 12.0 Å². The van der Waals surface area contributed by atoms with E-state index in [1.54, 1.807) is 12.1 Å². The van der Waals surface area contributed by atoms with E-state index in [0.717, 1.165) is 44.9 Å². The van der Waals surface area contributed by atoms with Gasteiger partial charge in [0.2, 0.25) is 0 Å². The van der Waals surface area contributed by atoms with Gasteiger partial charge in [-0.15, -0.1) is 0 Å². The first-order valence-corrected chi connectivity index (χ1v) is 12.7. The zero-order valence-electron chi connectivity index (χ0n) is 22.2. The van der Waals surface area contributed by atoms with Gasteiger partial charge in [-0.25, -0.2) is 14.5 Å². The fraction of sp³-hybridized carbons (Fsp3) is 0.379. The van der Waals surface area contributed by atoms with Crippen LogP contribution in [0.15, 0.2) is 35.3 Å². The van der Waals surface area contributed by atoms with E-state index in [4.69, 9.17) is 19.6 Å². The summed E-state index contributed by atoms with van der Waals surface area (Å²) in [5, 5.41) is 11.7. The van der Waals surface area contributed by atoms with Crippen molar-refractivity contribution in [3.63, 3.8) is 0 Å². The number of aliphatic carboxylic acids is 1. The molecule has 0 spiro atoms. The van der Waals surface area contributed by atoms with Crippen LogP contribution < -0.4 is 19.7 Å². The van der Waals surface area contributed by atoms with E-state index in [-0.39, 0.29) is 6.54 Å². The van der Waals surface area contributed by atoms with Crippen LogP contribution in [0.4, 0.5) is 10.5 Å². The third-order valence-corrected chi connectivity index (χ3v) is 6.77. The molecular weight excluding hydrogens is 486 g/mol. The van der Waals surface area contributed by atoms with Gasteiger partial charge in [0, 0.05) is 29.2 Å². The summed E-state index contributed by atoms with van der Waals surface area (Å²) >= 11 is 0. The van der Waals surface area contributed by atoms with Crippen LogP contribution in [0.1, 0.15) is 62.4 Å². The van der Waals surface area contributed by atoms with Crippen LogP contribution in [0.25, 0.3) is 6.08 Å². The average Bonchev–Trinajstić information content (AvgIpc) is 3.33. The maximum atomic E-state index is 12.6. The number of benzene rings is 2. The van der Waals surface area contributed by atoms with Gasteiger partial charge in [0.1, 0.15) is 5.60 Å². The highest BCUT2D eigenvalue weighted by Gasteiger charge is 2.40. The Hall–Kier alpha value is -4.14. The molecular formula is C29H31N3O6. The predicted molar refractivity (Wildman–Crippen MR) is 143 cm³/mol. The zero-order chi connectivity index (χ0) is 27.4. The number of rotatable bonds is 6. The van der Waals surface area contributed by atoms with Crippen molar-refractivity contribution in [2.75, 3.05) is 18.1 Å². The first-order valence-electron chi connectivity index (χ1n) is 12.7. The topological polar surface area (TPSA) is 118 Å². The second-order valence-electron chi connectivity index (χ2n) is 11.0. The summed E-state index contributed by atoms with van der Waals surface area (Å²) in [6.45, 7) is 10.5. The van der Waals surface area contributed by atoms with Crippen molar-refractivity contribution in [2.45, 2.75) is 58.6 Å². The molecule has 9 heteroatoms. The number of hydrogen-bond donors (Lipinski definition) is 2. The standard InChI is InChI=1S/C29H31N3O6/c1-6-37-21-12-18-13-28(2,3)31-25(24(18)19-14-29(4,5)38-26(19)21)17-8-7-16(9-10-23(34)35)20(11-17)32-22(33)15-30-27(32)36/h7-12H,6,13-15H2,1-5H3,(H,30,36)(H,34,35). The summed E-state index contributed by atoms with van der Waals surface area (Å²) in [5.74, 6) is -0.106. The molecule has 1 saturated heterocycles. The molecule has 2 aromatic carbocycles. The number of urea groups is 1. The molecule has 0 atom stereocenters. The first-order chi connectivity index (χ1) is 17.9. The van der Waals surface area contributed by atoms with Gasteiger partial charge in [0.05, 0.1) is 30.1 Å². The Labute approximate surface area is 221 Å². The number of fused-ring (bicyclic) bond motifs is 3. The summed E-state index contributed by atoms with van der Waals surface area (Å²) in [5.41, 5.74) is 4.43. The van der Waals surface area contributed by atoms with Crippen LogP contribution in [0.5, 0.6) is 11.5 Å². The van der Waals surface area contributed by atoms with Gasteiger partial charge in [-0.05, 0) is 70.4 Å². The molecule has 38 heavy (non-hydrogen) atoms. The van der Waals surface area contributed by atoms with Crippen LogP contribution in [0.2, 0.25) is 0 Å². The number of amides is 3. The number of imide groups is 1. The summed E-state index contributed by atoms with van der Waals surface area (Å²) in [7, 11) is 0. The highest BCUT2D eigenvalue weighted by Crippen LogP contribution is 2.48. The van der Waals surface area contributed by atoms with E-state index in [2.05, 4.69) is 19.2 Å². The number of carbonyl (C=O) groups excluding carboxylic acids is 2. The molecule has 3 aliphatic heterocycles. The van der Waals surface area contributed by atoms with Gasteiger partial charge in [-0.2, -0.15) is 0 Å². The Balaban J connectivity index is 1.73. The monoisotopic (exact) mass is 517 g/mol. The molecule has 0 radical (unpaired) electrons. The molecule has 2 aromatic rings. The fourth-order valence-electron chi connectivity index (χ4n) is 5.39. The lowest BCUT2D eigenvalue weighted by Gasteiger charge is -2.31. The lowest BCUT2D eigenvalue weighted by Crippen LogP contribution is -2.32. The maximum Gasteiger partial charge on any atom is 0.329 e. The van der Waals surface area contributed by atoms with Crippen molar-refractivity contribution < 1.29 is 29.0 Å². The number of carboxylic acid groups (broad SMARTS) is 1. The highest BCUT2D eigenvalue weighted by atomic mass is 16.5. The number of ether oxygens (including phenoxy) is 2. The van der Waals surface area contributed by atoms with Crippen molar-refractivity contribution in [3.05, 3.63) is 58.2 Å². The number of hydrogen-bond acceptors (Lipinski definition) is 6. The number of nitrogens with zero attached hydrogens (tertiary/aromatic N) is 2. The highest BCUT2D eigenvalue weighted by molar-refractivity contribution is 6.22. The molecule has 0 saturated carbocycles. The maximum absolute atomic E-state index is 12.6. The second-order valence-corrected chi connectivity index (χ2v) is 11.0. The van der Waals surface area contributed by atoms with E-state index in [1.807, 2.05) is 32.9 Å². The number of anilines is 1. The number of carbonyl (C=O) groups is 3. The van der Waals surface area contributed by atoms with E-state index in [1.165, 1.54) is 6.08 Å². The average molecular weight is 518 g/mol. The van der Waals surface area contributed by atoms with Crippen LogP contribution in [0, 0.1) is 0 Å². The van der Waals surface area contributed by atoms with Crippen LogP contribution in [-0.4, -0.2) is 53.0 Å². The number of aliphatic imine (C=N–C) groups is 1. The van der Waals surface area contributed by atoms with Gasteiger partial charge in [-0.3, -0.25) is 9.79 Å². The summed E-state index contributed by atoms with van der Waals surface area (Å²) in [6, 6.07) is 6.77. The van der Waals surface area contributed by atoms with E-state index in [9.17, 15) is 14.4 Å². The van der Waals surface area contributed by atoms with Gasteiger partial charge < -0.3 is 19.9 Å². The molecule has 0 aromatic heterocycles. The molecule has 0 aliphatic carbocycles. The molecule has 9 nitrogen and oxygen atoms in total. The predicted octanol–water partition coefficient (Wildman–Crippen LogP) is 4.12. The third kappa shape index (κ3) is 4.53. The Morgan fingerprint density at radius 1 is 1.21 bits per heavy atom. The van der Waals surface area contributed by atoms with Crippen LogP contribution in [0.3, 0.4) is 0 Å². The van der Waals surface area contributed by atoms with Crippen molar-refractivity contribution in [1.29, 1.82) is 0 Å². The van der Waals surface area contributed by atoms with Gasteiger partial charge in [-0.1, -0.05) is 12.1 Å². The lowest BCUT2D eigenvalue weighted by atomic mass is 9.80. The largest absolute Gasteiger partial charge is 0.490 e. The Kier molecular flexibility index (Phi) is 6.04. The normalized spacial score (nSPS) is 19.1. The van der Waals surface area contributed by atoms with Crippen molar-refractivity contribution in [3.8, 4) is 11.5 Å². The van der Waals surface area contributed by atoms with Gasteiger partial charge in [0.25, 0.3) is 5.91 Å². The Bertz CT molecular complexity index is 1420. The molecule has 3 amide bonds.